The Labute approximate surface area is 302 Å². The fourth-order valence-corrected chi connectivity index (χ4v) is 11.6. The molecule has 2 aliphatic carbocycles. The molecule has 11 nitrogen and oxygen atoms in total. The van der Waals surface area contributed by atoms with Crippen LogP contribution in [0.25, 0.3) is 0 Å². The largest absolute Gasteiger partial charge is 0.412 e. The smallest absolute Gasteiger partial charge is 0.164 e. The molecule has 0 amide bonds. The third-order valence-corrected chi connectivity index (χ3v) is 14.3. The first-order chi connectivity index (χ1) is 22.3. The van der Waals surface area contributed by atoms with Crippen LogP contribution >= 0.6 is 0 Å². The summed E-state index contributed by atoms with van der Waals surface area (Å²) >= 11 is 0. The van der Waals surface area contributed by atoms with Crippen LogP contribution in [0.1, 0.15) is 119 Å². The highest BCUT2D eigenvalue weighted by atomic mass is 16.8. The predicted octanol–water partition coefficient (Wildman–Crippen LogP) is 4.56. The summed E-state index contributed by atoms with van der Waals surface area (Å²) in [6.45, 7) is 17.6. The fraction of sp³-hybridized carbons (Fsp3) is 1.00. The van der Waals surface area contributed by atoms with Gasteiger partial charge in [-0.25, -0.2) is 0 Å². The monoisotopic (exact) mass is 718 g/mol. The summed E-state index contributed by atoms with van der Waals surface area (Å²) < 4.78 is 40.6. The topological polar surface area (TPSA) is 185 Å². The first kappa shape index (κ1) is 44.0. The molecule has 0 aromatic rings. The Morgan fingerprint density at radius 1 is 0.560 bits per heavy atom. The van der Waals surface area contributed by atoms with E-state index in [-0.39, 0.29) is 65.3 Å². The minimum Gasteiger partial charge on any atom is -0.412 e. The first-order valence-corrected chi connectivity index (χ1v) is 19.9. The van der Waals surface area contributed by atoms with Crippen molar-refractivity contribution in [3.8, 4) is 0 Å². The molecule has 0 aromatic heterocycles. The maximum absolute atomic E-state index is 6.92. The number of piperidine rings is 1. The van der Waals surface area contributed by atoms with E-state index in [1.165, 1.54) is 57.8 Å². The van der Waals surface area contributed by atoms with E-state index >= 15 is 0 Å². The lowest BCUT2D eigenvalue weighted by molar-refractivity contribution is -0.343. The van der Waals surface area contributed by atoms with E-state index in [0.717, 1.165) is 44.2 Å². The average molecular weight is 718 g/mol. The van der Waals surface area contributed by atoms with Gasteiger partial charge in [-0.3, -0.25) is 4.90 Å². The molecule has 7 fully saturated rings. The zero-order chi connectivity index (χ0) is 31.9. The normalized spacial score (nSPS) is 46.4. The van der Waals surface area contributed by atoms with Crippen LogP contribution in [0.5, 0.6) is 0 Å². The second-order valence-corrected chi connectivity index (χ2v) is 17.1. The quantitative estimate of drug-likeness (QED) is 0.352. The van der Waals surface area contributed by atoms with Crippen LogP contribution in [0.2, 0.25) is 0 Å². The van der Waals surface area contributed by atoms with Crippen molar-refractivity contribution in [1.29, 1.82) is 0 Å². The van der Waals surface area contributed by atoms with E-state index in [4.69, 9.17) is 28.4 Å². The number of rotatable bonds is 8. The lowest BCUT2D eigenvalue weighted by Gasteiger charge is -2.53. The Bertz CT molecular complexity index is 987. The summed E-state index contributed by atoms with van der Waals surface area (Å²) in [5.41, 5.74) is 0. The molecule has 0 bridgehead atoms. The van der Waals surface area contributed by atoms with Crippen molar-refractivity contribution in [3.05, 3.63) is 0 Å². The van der Waals surface area contributed by atoms with Crippen molar-refractivity contribution in [2.24, 2.45) is 59.2 Å². The third kappa shape index (κ3) is 8.91. The predicted molar refractivity (Wildman–Crippen MR) is 193 cm³/mol. The average Bonchev–Trinajstić information content (AvgIpc) is 3.33. The van der Waals surface area contributed by atoms with Crippen molar-refractivity contribution in [2.45, 2.75) is 162 Å². The Kier molecular flexibility index (Phi) is 16.9. The van der Waals surface area contributed by atoms with Gasteiger partial charge in [0.1, 0.15) is 0 Å². The fourth-order valence-electron chi connectivity index (χ4n) is 11.6. The molecule has 7 aliphatic rings. The van der Waals surface area contributed by atoms with Gasteiger partial charge in [0.2, 0.25) is 0 Å². The molecule has 5 aliphatic heterocycles. The minimum atomic E-state index is -0.227. The Hall–Kier alpha value is -0.440. The molecule has 5 saturated heterocycles. The van der Waals surface area contributed by atoms with Gasteiger partial charge in [-0.05, 0) is 120 Å². The lowest BCUT2D eigenvalue weighted by atomic mass is 9.60. The Morgan fingerprint density at radius 3 is 1.60 bits per heavy atom. The highest BCUT2D eigenvalue weighted by Gasteiger charge is 2.54. The van der Waals surface area contributed by atoms with Gasteiger partial charge in [-0.2, -0.15) is 0 Å². The summed E-state index contributed by atoms with van der Waals surface area (Å²) in [5.74, 6) is 5.95. The summed E-state index contributed by atoms with van der Waals surface area (Å²) in [6.07, 6.45) is 14.7. The molecule has 0 spiro atoms. The van der Waals surface area contributed by atoms with Crippen molar-refractivity contribution < 1.29 is 50.3 Å². The zero-order valence-electron chi connectivity index (χ0n) is 32.0. The van der Waals surface area contributed by atoms with Gasteiger partial charge in [0.05, 0.1) is 31.5 Å². The van der Waals surface area contributed by atoms with Gasteiger partial charge < -0.3 is 50.3 Å². The minimum absolute atomic E-state index is 0. The van der Waals surface area contributed by atoms with E-state index in [1.54, 1.807) is 0 Å². The maximum Gasteiger partial charge on any atom is 0.164 e. The first-order valence-electron chi connectivity index (χ1n) is 19.9. The van der Waals surface area contributed by atoms with Gasteiger partial charge in [0, 0.05) is 23.7 Å². The summed E-state index contributed by atoms with van der Waals surface area (Å²) in [7, 11) is 0. The second kappa shape index (κ2) is 19.2. The Balaban J connectivity index is 0.00000169. The van der Waals surface area contributed by atoms with Gasteiger partial charge in [0.25, 0.3) is 0 Å². The number of hydrogen-bond acceptors (Lipinski definition) is 7. The molecule has 7 rings (SSSR count). The summed E-state index contributed by atoms with van der Waals surface area (Å²) in [6, 6.07) is 0.189. The molecule has 0 radical (unpaired) electrons. The molecule has 0 aromatic carbocycles. The van der Waals surface area contributed by atoms with Crippen molar-refractivity contribution in [2.75, 3.05) is 26.3 Å². The molecule has 7 unspecified atom stereocenters. The van der Waals surface area contributed by atoms with Crippen LogP contribution in [0, 0.1) is 59.2 Å². The lowest BCUT2D eigenvalue weighted by Crippen LogP contribution is -2.56. The molecule has 296 valence electrons. The second-order valence-electron chi connectivity index (χ2n) is 17.1. The standard InChI is InChI=1S/C39H67NO6.4H2O/c1-7-29-33-16-12-24(3)31-18-14-26(5)44-39(35(31)33)46-37(29)42-22-28(40-19-9-8-10-20-40)21-41-36-27(6)32-15-11-23(2)30-17-13-25(4)43-38(45-36)34(30)32;;;;/h23-39H,7-22H2,1-6H3;4*1H2/t23-,24-,25?,26?,27-,28?,29-,30+,31+,32+,33+,34?,35?,36+,37?,38?,39+;;;;/m1..../s1. The molecule has 11 heteroatoms. The maximum atomic E-state index is 6.92. The van der Waals surface area contributed by atoms with Crippen LogP contribution in [0.15, 0.2) is 0 Å². The van der Waals surface area contributed by atoms with Crippen molar-refractivity contribution in [3.63, 3.8) is 0 Å². The highest BCUT2D eigenvalue weighted by Crippen LogP contribution is 2.54. The van der Waals surface area contributed by atoms with Crippen molar-refractivity contribution in [1.82, 2.24) is 4.90 Å². The molecule has 5 heterocycles. The number of ether oxygens (including phenoxy) is 6. The molecule has 8 N–H and O–H groups in total. The highest BCUT2D eigenvalue weighted by molar-refractivity contribution is 4.97. The number of hydrogen-bond donors (Lipinski definition) is 0. The zero-order valence-corrected chi connectivity index (χ0v) is 32.0. The van der Waals surface area contributed by atoms with Gasteiger partial charge in [-0.1, -0.05) is 47.0 Å². The van der Waals surface area contributed by atoms with Gasteiger partial charge in [0.15, 0.2) is 25.2 Å². The van der Waals surface area contributed by atoms with Crippen LogP contribution in [-0.2, 0) is 28.4 Å². The van der Waals surface area contributed by atoms with Crippen LogP contribution in [-0.4, -0.2) is 96.5 Å². The Morgan fingerprint density at radius 2 is 1.04 bits per heavy atom. The SMILES string of the molecule is CC[C@H]1C(OCC(CO[C@H]2OC3OC(C)CC[C@@H]4C3[C@@H](CC[C@H]4C)[C@H]2C)N2CCCCC2)O[C@@H]2OC(C)CC[C@@H]3C2[C@H]1CC[C@H]3C.O.O.O.O. The van der Waals surface area contributed by atoms with E-state index in [1.807, 2.05) is 0 Å². The van der Waals surface area contributed by atoms with Crippen molar-refractivity contribution >= 4 is 0 Å². The third-order valence-electron chi connectivity index (χ3n) is 14.3. The van der Waals surface area contributed by atoms with E-state index < -0.39 is 0 Å². The van der Waals surface area contributed by atoms with Crippen LogP contribution < -0.4 is 0 Å². The number of nitrogens with zero attached hydrogens (tertiary/aromatic N) is 1. The van der Waals surface area contributed by atoms with Gasteiger partial charge >= 0.3 is 0 Å². The molecule has 2 saturated carbocycles. The van der Waals surface area contributed by atoms with Crippen LogP contribution in [0.3, 0.4) is 0 Å². The van der Waals surface area contributed by atoms with E-state index in [9.17, 15) is 0 Å². The molecule has 17 atom stereocenters. The molecule has 50 heavy (non-hydrogen) atoms. The molecular weight excluding hydrogens is 642 g/mol. The summed E-state index contributed by atoms with van der Waals surface area (Å²) in [5, 5.41) is 0. The van der Waals surface area contributed by atoms with E-state index in [2.05, 4.69) is 46.4 Å². The molecular formula is C39H75NO10. The van der Waals surface area contributed by atoms with Crippen LogP contribution in [0.4, 0.5) is 0 Å². The van der Waals surface area contributed by atoms with Gasteiger partial charge in [-0.15, -0.1) is 0 Å². The van der Waals surface area contributed by atoms with E-state index in [0.29, 0.717) is 60.6 Å². The summed E-state index contributed by atoms with van der Waals surface area (Å²) in [4.78, 5) is 2.62. The number of likely N-dealkylation sites (tertiary alicyclic amines) is 1.